The molecule has 4 rings (SSSR count). The molecule has 0 saturated carbocycles. The molecule has 0 aromatic heterocycles. The number of allylic oxidation sites excluding steroid dienone is 2. The number of rotatable bonds is 6. The van der Waals surface area contributed by atoms with Crippen LogP contribution in [0.2, 0.25) is 0 Å². The minimum Gasteiger partial charge on any atom is -0.0943 e. The maximum absolute atomic E-state index is 4.45. The summed E-state index contributed by atoms with van der Waals surface area (Å²) in [4.78, 5) is 0. The Morgan fingerprint density at radius 1 is 0.452 bits per heavy atom. The monoisotopic (exact) mass is 400 g/mol. The summed E-state index contributed by atoms with van der Waals surface area (Å²) in [5.41, 5.74) is 9.05. The topological polar surface area (TPSA) is 0 Å². The van der Waals surface area contributed by atoms with Gasteiger partial charge in [0.1, 0.15) is 0 Å². The highest BCUT2D eigenvalue weighted by molar-refractivity contribution is 5.85. The van der Waals surface area contributed by atoms with Gasteiger partial charge in [0, 0.05) is 5.41 Å². The predicted molar refractivity (Wildman–Crippen MR) is 136 cm³/mol. The maximum Gasteiger partial charge on any atom is 0.0146 e. The molecule has 0 aliphatic heterocycles. The molecule has 0 heteroatoms. The normalized spacial score (nSPS) is 11.2. The molecule has 0 spiro atoms. The first-order chi connectivity index (χ1) is 15.0. The molecule has 4 aromatic carbocycles. The number of hydrogen-bond donors (Lipinski definition) is 0. The van der Waals surface area contributed by atoms with Crippen molar-refractivity contribution in [2.75, 3.05) is 0 Å². The van der Waals surface area contributed by atoms with E-state index in [1.807, 2.05) is 12.1 Å². The van der Waals surface area contributed by atoms with Gasteiger partial charge in [-0.3, -0.25) is 0 Å². The van der Waals surface area contributed by atoms with E-state index in [4.69, 9.17) is 0 Å². The lowest BCUT2D eigenvalue weighted by molar-refractivity contribution is 0.676. The van der Waals surface area contributed by atoms with Gasteiger partial charge in [-0.1, -0.05) is 136 Å². The minimum absolute atomic E-state index is 0.261. The van der Waals surface area contributed by atoms with Crippen LogP contribution in [0, 0.1) is 5.41 Å². The molecule has 0 saturated heterocycles. The number of benzene rings is 4. The summed E-state index contributed by atoms with van der Waals surface area (Å²) in [5, 5.41) is 0. The maximum atomic E-state index is 4.45. The Hall–Kier alpha value is -3.64. The van der Waals surface area contributed by atoms with Crippen LogP contribution in [0.25, 0.3) is 33.4 Å². The molecule has 0 radical (unpaired) electrons. The van der Waals surface area contributed by atoms with Gasteiger partial charge in [-0.25, -0.2) is 0 Å². The second-order valence-electron chi connectivity index (χ2n) is 8.47. The molecule has 0 aliphatic rings. The van der Waals surface area contributed by atoms with Gasteiger partial charge in [0.25, 0.3) is 0 Å². The predicted octanol–water partition coefficient (Wildman–Crippen LogP) is 8.77. The van der Waals surface area contributed by atoms with Gasteiger partial charge in [-0.2, -0.15) is 0 Å². The summed E-state index contributed by atoms with van der Waals surface area (Å²) in [6, 6.07) is 38.2. The van der Waals surface area contributed by atoms with E-state index in [-0.39, 0.29) is 5.41 Å². The summed E-state index contributed by atoms with van der Waals surface area (Å²) < 4.78 is 0. The zero-order valence-corrected chi connectivity index (χ0v) is 18.3. The van der Waals surface area contributed by atoms with Gasteiger partial charge in [-0.05, 0) is 44.5 Å². The van der Waals surface area contributed by atoms with E-state index in [0.29, 0.717) is 0 Å². The zero-order chi connectivity index (χ0) is 21.8. The molecule has 0 N–H and O–H groups in total. The molecule has 0 nitrogen and oxygen atoms in total. The molecule has 0 atom stereocenters. The van der Waals surface area contributed by atoms with Crippen molar-refractivity contribution in [3.05, 3.63) is 133 Å². The summed E-state index contributed by atoms with van der Waals surface area (Å²) >= 11 is 0. The van der Waals surface area contributed by atoms with Crippen LogP contribution >= 0.6 is 0 Å². The molecule has 0 heterocycles. The fraction of sp³-hybridized carbons (Fsp3) is 0.0968. The van der Waals surface area contributed by atoms with Gasteiger partial charge < -0.3 is 0 Å². The summed E-state index contributed by atoms with van der Waals surface area (Å²) in [5.74, 6) is 0. The van der Waals surface area contributed by atoms with Gasteiger partial charge in [0.05, 0.1) is 0 Å². The third kappa shape index (κ3) is 4.29. The fourth-order valence-electron chi connectivity index (χ4n) is 3.89. The van der Waals surface area contributed by atoms with Gasteiger partial charge >= 0.3 is 0 Å². The van der Waals surface area contributed by atoms with Crippen molar-refractivity contribution in [3.63, 3.8) is 0 Å². The smallest absolute Gasteiger partial charge is 0.0146 e. The van der Waals surface area contributed by atoms with Crippen molar-refractivity contribution in [1.82, 2.24) is 0 Å². The van der Waals surface area contributed by atoms with E-state index in [9.17, 15) is 0 Å². The molecule has 152 valence electrons. The summed E-state index contributed by atoms with van der Waals surface area (Å²) in [7, 11) is 0. The Kier molecular flexibility index (Phi) is 5.73. The van der Waals surface area contributed by atoms with Crippen LogP contribution in [0.4, 0.5) is 0 Å². The molecule has 0 aliphatic carbocycles. The third-order valence-electron chi connectivity index (χ3n) is 6.19. The Morgan fingerprint density at radius 3 is 1.06 bits per heavy atom. The molecular formula is C31H28. The average Bonchev–Trinajstić information content (AvgIpc) is 2.84. The van der Waals surface area contributed by atoms with Crippen molar-refractivity contribution in [1.29, 1.82) is 0 Å². The Balaban J connectivity index is 1.54. The van der Waals surface area contributed by atoms with Gasteiger partial charge in [-0.15, -0.1) is 0 Å². The molecule has 0 unspecified atom stereocenters. The van der Waals surface area contributed by atoms with E-state index in [2.05, 4.69) is 124 Å². The van der Waals surface area contributed by atoms with E-state index in [0.717, 1.165) is 22.3 Å². The van der Waals surface area contributed by atoms with Crippen molar-refractivity contribution >= 4 is 11.1 Å². The second-order valence-corrected chi connectivity index (χ2v) is 8.47. The van der Waals surface area contributed by atoms with E-state index in [1.54, 1.807) is 0 Å². The summed E-state index contributed by atoms with van der Waals surface area (Å²) in [6.07, 6.45) is 0. The third-order valence-corrected chi connectivity index (χ3v) is 6.19. The van der Waals surface area contributed by atoms with Crippen LogP contribution < -0.4 is 0 Å². The largest absolute Gasteiger partial charge is 0.0943 e. The van der Waals surface area contributed by atoms with Crippen LogP contribution in [0.5, 0.6) is 0 Å². The van der Waals surface area contributed by atoms with Crippen molar-refractivity contribution in [2.24, 2.45) is 5.41 Å². The van der Waals surface area contributed by atoms with E-state index >= 15 is 0 Å². The van der Waals surface area contributed by atoms with Crippen molar-refractivity contribution in [3.8, 4) is 22.3 Å². The highest BCUT2D eigenvalue weighted by Gasteiger charge is 2.27. The van der Waals surface area contributed by atoms with Crippen LogP contribution in [0.3, 0.4) is 0 Å². The highest BCUT2D eigenvalue weighted by atomic mass is 14.3. The molecule has 4 aromatic rings. The molecule has 0 fully saturated rings. The van der Waals surface area contributed by atoms with E-state index in [1.165, 1.54) is 22.3 Å². The molecule has 31 heavy (non-hydrogen) atoms. The van der Waals surface area contributed by atoms with Crippen LogP contribution in [0.1, 0.15) is 25.0 Å². The van der Waals surface area contributed by atoms with Crippen molar-refractivity contribution in [2.45, 2.75) is 13.8 Å². The fourth-order valence-corrected chi connectivity index (χ4v) is 3.89. The standard InChI is InChI=1S/C31H28/c1-23(25-15-19-29(20-16-25)27-11-7-5-8-12-27)31(3,4)24(2)26-17-21-30(22-18-26)28-13-9-6-10-14-28/h5-22H,1-2H2,3-4H3. The van der Waals surface area contributed by atoms with Gasteiger partial charge in [0.2, 0.25) is 0 Å². The first kappa shape index (κ1) is 20.6. The molecule has 0 bridgehead atoms. The Morgan fingerprint density at radius 2 is 0.742 bits per heavy atom. The quantitative estimate of drug-likeness (QED) is 0.303. The lowest BCUT2D eigenvalue weighted by atomic mass is 9.73. The first-order valence-electron chi connectivity index (χ1n) is 10.7. The lowest BCUT2D eigenvalue weighted by Crippen LogP contribution is -2.15. The second kappa shape index (κ2) is 8.62. The molecule has 0 amide bonds. The van der Waals surface area contributed by atoms with E-state index < -0.39 is 0 Å². The number of hydrogen-bond acceptors (Lipinski definition) is 0. The summed E-state index contributed by atoms with van der Waals surface area (Å²) in [6.45, 7) is 13.3. The van der Waals surface area contributed by atoms with Crippen LogP contribution in [-0.2, 0) is 0 Å². The SMILES string of the molecule is C=C(c1ccc(-c2ccccc2)cc1)C(C)(C)C(=C)c1ccc(-c2ccccc2)cc1. The Bertz CT molecular complexity index is 1080. The van der Waals surface area contributed by atoms with Crippen LogP contribution in [0.15, 0.2) is 122 Å². The van der Waals surface area contributed by atoms with Gasteiger partial charge in [0.15, 0.2) is 0 Å². The van der Waals surface area contributed by atoms with Crippen molar-refractivity contribution < 1.29 is 0 Å². The first-order valence-corrected chi connectivity index (χ1v) is 10.7. The average molecular weight is 401 g/mol. The molecular weight excluding hydrogens is 372 g/mol. The zero-order valence-electron chi connectivity index (χ0n) is 18.3. The van der Waals surface area contributed by atoms with Crippen LogP contribution in [-0.4, -0.2) is 0 Å². The highest BCUT2D eigenvalue weighted by Crippen LogP contribution is 2.44. The lowest BCUT2D eigenvalue weighted by Gasteiger charge is -2.31. The minimum atomic E-state index is -0.261. The Labute approximate surface area is 186 Å².